The molecule has 2 saturated carbocycles. The lowest BCUT2D eigenvalue weighted by molar-refractivity contribution is -0.145. The number of benzene rings is 1. The summed E-state index contributed by atoms with van der Waals surface area (Å²) in [5, 5.41) is 24.8. The van der Waals surface area contributed by atoms with Gasteiger partial charge in [-0.1, -0.05) is 82.3 Å². The molecule has 6 atom stereocenters. The Balaban J connectivity index is 1.41. The van der Waals surface area contributed by atoms with Crippen molar-refractivity contribution in [3.8, 4) is 12.3 Å². The fourth-order valence-electron chi connectivity index (χ4n) is 7.75. The first kappa shape index (κ1) is 38.6. The fraction of sp³-hybridized carbons (Fsp3) is 0.667. The Labute approximate surface area is 307 Å². The number of hydrogen-bond acceptors (Lipinski definition) is 7. The number of aliphatic hydroxyl groups excluding tert-OH is 1. The average molecular weight is 724 g/mol. The van der Waals surface area contributed by atoms with E-state index in [0.29, 0.717) is 30.0 Å². The van der Waals surface area contributed by atoms with Crippen LogP contribution in [0.1, 0.15) is 110 Å². The normalized spacial score (nSPS) is 24.5. The lowest BCUT2D eigenvalue weighted by Gasteiger charge is -2.37. The van der Waals surface area contributed by atoms with Gasteiger partial charge in [0.1, 0.15) is 12.1 Å². The summed E-state index contributed by atoms with van der Waals surface area (Å²) in [6.07, 6.45) is 12.7. The van der Waals surface area contributed by atoms with Crippen LogP contribution in [0.4, 0.5) is 0 Å². The maximum Gasteiger partial charge on any atom is 0.251 e. The highest BCUT2D eigenvalue weighted by Crippen LogP contribution is 2.40. The molecule has 4 amide bonds. The number of hydrogen-bond donors (Lipinski definition) is 4. The van der Waals surface area contributed by atoms with E-state index in [1.54, 1.807) is 12.1 Å². The van der Waals surface area contributed by atoms with Crippen molar-refractivity contribution >= 4 is 40.9 Å². The van der Waals surface area contributed by atoms with Crippen molar-refractivity contribution < 1.29 is 29.1 Å². The fourth-order valence-corrected chi connectivity index (χ4v) is 7.94. The summed E-state index contributed by atoms with van der Waals surface area (Å²) in [7, 11) is 0. The molecule has 0 radical (unpaired) electrons. The molecule has 1 saturated heterocycles. The van der Waals surface area contributed by atoms with Crippen molar-refractivity contribution in [3.05, 3.63) is 34.9 Å². The van der Waals surface area contributed by atoms with Crippen LogP contribution in [0, 0.1) is 29.6 Å². The highest BCUT2D eigenvalue weighted by atomic mass is 35.5. The van der Waals surface area contributed by atoms with Crippen LogP contribution in [0.15, 0.2) is 29.4 Å². The van der Waals surface area contributed by atoms with Crippen molar-refractivity contribution in [2.24, 2.45) is 22.4 Å². The van der Waals surface area contributed by atoms with Gasteiger partial charge in [0, 0.05) is 35.9 Å². The average Bonchev–Trinajstić information content (AvgIpc) is 3.69. The van der Waals surface area contributed by atoms with E-state index in [1.807, 2.05) is 39.8 Å². The number of nitrogens with zero attached hydrogens (tertiary/aromatic N) is 2. The highest BCUT2D eigenvalue weighted by Gasteiger charge is 2.56. The van der Waals surface area contributed by atoms with Gasteiger partial charge in [-0.3, -0.25) is 19.2 Å². The first-order chi connectivity index (χ1) is 24.2. The second-order valence-electron chi connectivity index (χ2n) is 16.0. The largest absolute Gasteiger partial charge is 0.387 e. The van der Waals surface area contributed by atoms with Crippen LogP contribution in [-0.2, 0) is 24.0 Å². The molecule has 1 aromatic carbocycles. The van der Waals surface area contributed by atoms with Crippen LogP contribution in [-0.4, -0.2) is 81.8 Å². The molecule has 11 nitrogen and oxygen atoms in total. The quantitative estimate of drug-likeness (QED) is 0.221. The number of terminal acetylenes is 1. The second-order valence-corrected chi connectivity index (χ2v) is 16.5. The third-order valence-electron chi connectivity index (χ3n) is 10.8. The molecule has 2 heterocycles. The first-order valence-corrected chi connectivity index (χ1v) is 19.0. The number of likely N-dealkylation sites (tertiary alicyclic amines) is 1. The van der Waals surface area contributed by atoms with Crippen molar-refractivity contribution in [3.63, 3.8) is 0 Å². The predicted molar refractivity (Wildman–Crippen MR) is 195 cm³/mol. The van der Waals surface area contributed by atoms with Crippen molar-refractivity contribution in [1.29, 1.82) is 0 Å². The molecule has 2 aliphatic carbocycles. The topological polar surface area (TPSA) is 149 Å². The summed E-state index contributed by atoms with van der Waals surface area (Å²) in [6, 6.07) is 4.44. The standard InChI is InChI=1S/C39H54ClN5O6/c1-6-12-28(24-14-9-8-10-15-24)34(47)43-33(38(3,4)5)37(50)45-23-39(21-30(44-51-39)25-16-11-17-26(40)20-25)22-31(45)35(48)42-29(13-7-2)32(46)36(49)41-27-18-19-27/h1,11,16-17,20,24,27-29,31-33,46H,7-10,12-15,18-19,21-23H2,2-5H3,(H,41,49)(H,42,48)(H,43,47)/t28-,29-,31-,32?,33+,39+/m0/s1. The Morgan fingerprint density at radius 1 is 1.12 bits per heavy atom. The van der Waals surface area contributed by atoms with Gasteiger partial charge in [0.25, 0.3) is 5.91 Å². The Hall–Kier alpha value is -3.62. The van der Waals surface area contributed by atoms with E-state index in [0.717, 1.165) is 50.5 Å². The van der Waals surface area contributed by atoms with Crippen LogP contribution in [0.5, 0.6) is 0 Å². The van der Waals surface area contributed by atoms with Crippen LogP contribution in [0.25, 0.3) is 0 Å². The maximum absolute atomic E-state index is 14.8. The SMILES string of the molecule is C#CC[C@H](C(=O)N[C@H](C(=O)N1C[C@@]2(CC(c3cccc(Cl)c3)=NO2)C[C@H]1C(=O)N[C@@H](CCC)C(O)C(=O)NC1CC1)C(C)(C)C)C1CCCCC1. The number of carbonyl (C=O) groups excluding carboxylic acids is 4. The Bertz CT molecular complexity index is 1530. The smallest absolute Gasteiger partial charge is 0.251 e. The Morgan fingerprint density at radius 2 is 1.84 bits per heavy atom. The van der Waals surface area contributed by atoms with Crippen LogP contribution < -0.4 is 16.0 Å². The molecule has 4 aliphatic rings. The first-order valence-electron chi connectivity index (χ1n) is 18.6. The molecular weight excluding hydrogens is 670 g/mol. The number of carbonyl (C=O) groups is 4. The van der Waals surface area contributed by atoms with Crippen molar-refractivity contribution in [2.45, 2.75) is 141 Å². The van der Waals surface area contributed by atoms with Gasteiger partial charge in [0.2, 0.25) is 17.7 Å². The highest BCUT2D eigenvalue weighted by molar-refractivity contribution is 6.31. The van der Waals surface area contributed by atoms with E-state index >= 15 is 0 Å². The van der Waals surface area contributed by atoms with E-state index in [1.165, 1.54) is 4.90 Å². The summed E-state index contributed by atoms with van der Waals surface area (Å²) in [4.78, 5) is 63.4. The molecule has 2 aliphatic heterocycles. The summed E-state index contributed by atoms with van der Waals surface area (Å²) in [5.74, 6) is 0.703. The third-order valence-corrected chi connectivity index (χ3v) is 11.0. The van der Waals surface area contributed by atoms with Gasteiger partial charge >= 0.3 is 0 Å². The zero-order valence-electron chi connectivity index (χ0n) is 30.4. The molecule has 1 spiro atoms. The van der Waals surface area contributed by atoms with Crippen LogP contribution >= 0.6 is 11.6 Å². The molecule has 1 aromatic rings. The summed E-state index contributed by atoms with van der Waals surface area (Å²) in [6.45, 7) is 7.59. The number of amides is 4. The number of aliphatic hydroxyl groups is 1. The lowest BCUT2D eigenvalue weighted by atomic mass is 9.77. The summed E-state index contributed by atoms with van der Waals surface area (Å²) in [5.41, 5.74) is -0.317. The van der Waals surface area contributed by atoms with Gasteiger partial charge < -0.3 is 30.8 Å². The molecular formula is C39H54ClN5O6. The van der Waals surface area contributed by atoms with Crippen molar-refractivity contribution in [2.75, 3.05) is 6.54 Å². The van der Waals surface area contributed by atoms with Gasteiger partial charge in [-0.2, -0.15) is 0 Å². The number of oxime groups is 1. The van der Waals surface area contributed by atoms with Crippen molar-refractivity contribution in [1.82, 2.24) is 20.9 Å². The van der Waals surface area contributed by atoms with Gasteiger partial charge in [0.15, 0.2) is 11.7 Å². The minimum Gasteiger partial charge on any atom is -0.387 e. The van der Waals surface area contributed by atoms with Crippen LogP contribution in [0.2, 0.25) is 5.02 Å². The zero-order valence-corrected chi connectivity index (χ0v) is 31.1. The van der Waals surface area contributed by atoms with E-state index < -0.39 is 58.9 Å². The van der Waals surface area contributed by atoms with E-state index in [4.69, 9.17) is 22.9 Å². The Morgan fingerprint density at radius 3 is 2.47 bits per heavy atom. The molecule has 4 N–H and O–H groups in total. The summed E-state index contributed by atoms with van der Waals surface area (Å²) >= 11 is 6.27. The molecule has 1 unspecified atom stereocenters. The third kappa shape index (κ3) is 9.44. The van der Waals surface area contributed by atoms with E-state index in [9.17, 15) is 24.3 Å². The monoisotopic (exact) mass is 723 g/mol. The molecule has 0 bridgehead atoms. The van der Waals surface area contributed by atoms with Gasteiger partial charge in [-0.05, 0) is 55.6 Å². The van der Waals surface area contributed by atoms with E-state index in [-0.39, 0.29) is 37.3 Å². The molecule has 5 rings (SSSR count). The van der Waals surface area contributed by atoms with Gasteiger partial charge in [-0.25, -0.2) is 0 Å². The molecule has 12 heteroatoms. The minimum absolute atomic E-state index is 0.0412. The second kappa shape index (κ2) is 16.4. The zero-order chi connectivity index (χ0) is 36.9. The number of rotatable bonds is 13. The maximum atomic E-state index is 14.8. The Kier molecular flexibility index (Phi) is 12.4. The lowest BCUT2D eigenvalue weighted by Crippen LogP contribution is -2.60. The van der Waals surface area contributed by atoms with Gasteiger partial charge in [0.05, 0.1) is 24.2 Å². The number of halogens is 1. The minimum atomic E-state index is -1.45. The van der Waals surface area contributed by atoms with Gasteiger partial charge in [-0.15, -0.1) is 12.3 Å². The molecule has 278 valence electrons. The predicted octanol–water partition coefficient (Wildman–Crippen LogP) is 4.48. The molecule has 0 aromatic heterocycles. The number of nitrogens with one attached hydrogen (secondary N) is 3. The molecule has 3 fully saturated rings. The summed E-state index contributed by atoms with van der Waals surface area (Å²) < 4.78 is 0. The molecule has 51 heavy (non-hydrogen) atoms. The van der Waals surface area contributed by atoms with E-state index in [2.05, 4.69) is 27.0 Å². The van der Waals surface area contributed by atoms with Crippen LogP contribution in [0.3, 0.4) is 0 Å².